The molecule has 0 saturated heterocycles. The van der Waals surface area contributed by atoms with Crippen molar-refractivity contribution in [2.24, 2.45) is 0 Å². The number of rotatable bonds is 5. The van der Waals surface area contributed by atoms with E-state index in [1.807, 2.05) is 44.2 Å². The van der Waals surface area contributed by atoms with Crippen LogP contribution < -0.4 is 9.47 Å². The van der Waals surface area contributed by atoms with Gasteiger partial charge in [0.1, 0.15) is 11.5 Å². The summed E-state index contributed by atoms with van der Waals surface area (Å²) in [5.41, 5.74) is 2.13. The fraction of sp³-hybridized carbons (Fsp3) is 0.235. The number of hydrogen-bond acceptors (Lipinski definition) is 3. The topological polar surface area (TPSA) is 35.5 Å². The average Bonchev–Trinajstić information content (AvgIpc) is 2.48. The van der Waals surface area contributed by atoms with Crippen LogP contribution in [0.4, 0.5) is 0 Å². The van der Waals surface area contributed by atoms with E-state index in [1.165, 1.54) is 0 Å². The van der Waals surface area contributed by atoms with Crippen LogP contribution in [0.5, 0.6) is 11.5 Å². The maximum Gasteiger partial charge on any atom is 0.200 e. The summed E-state index contributed by atoms with van der Waals surface area (Å²) in [5, 5.41) is 0. The molecule has 0 N–H and O–H groups in total. The molecule has 104 valence electrons. The normalized spacial score (nSPS) is 10.2. The summed E-state index contributed by atoms with van der Waals surface area (Å²) in [5.74, 6) is 1.09. The largest absolute Gasteiger partial charge is 0.496 e. The highest BCUT2D eigenvalue weighted by Crippen LogP contribution is 2.27. The lowest BCUT2D eigenvalue weighted by atomic mass is 10.00. The zero-order chi connectivity index (χ0) is 14.5. The first-order valence-corrected chi connectivity index (χ1v) is 6.58. The molecule has 0 aliphatic heterocycles. The number of ketones is 1. The van der Waals surface area contributed by atoms with Crippen molar-refractivity contribution in [2.75, 3.05) is 13.7 Å². The standard InChI is InChI=1S/C17H18O3/c1-4-20-16-10-9-12(2)11-14(16)17(18)13-7-5-6-8-15(13)19-3/h5-11H,4H2,1-3H3. The molecule has 0 unspecified atom stereocenters. The van der Waals surface area contributed by atoms with Crippen LogP contribution in [0.2, 0.25) is 0 Å². The lowest BCUT2D eigenvalue weighted by molar-refractivity contribution is 0.103. The van der Waals surface area contributed by atoms with E-state index in [4.69, 9.17) is 9.47 Å². The van der Waals surface area contributed by atoms with Crippen LogP contribution in [0.3, 0.4) is 0 Å². The van der Waals surface area contributed by atoms with Gasteiger partial charge in [-0.05, 0) is 38.1 Å². The van der Waals surface area contributed by atoms with Crippen LogP contribution in [-0.4, -0.2) is 19.5 Å². The van der Waals surface area contributed by atoms with Gasteiger partial charge in [-0.15, -0.1) is 0 Å². The molecule has 2 aromatic carbocycles. The minimum atomic E-state index is -0.0883. The van der Waals surface area contributed by atoms with Crippen molar-refractivity contribution in [1.29, 1.82) is 0 Å². The molecule has 2 aromatic rings. The SMILES string of the molecule is CCOc1ccc(C)cc1C(=O)c1ccccc1OC. The third-order valence-electron chi connectivity index (χ3n) is 3.03. The zero-order valence-electron chi connectivity index (χ0n) is 12.0. The quantitative estimate of drug-likeness (QED) is 0.778. The van der Waals surface area contributed by atoms with Gasteiger partial charge in [0, 0.05) is 0 Å². The number of aryl methyl sites for hydroxylation is 1. The summed E-state index contributed by atoms with van der Waals surface area (Å²) in [7, 11) is 1.56. The van der Waals surface area contributed by atoms with Crippen LogP contribution in [0.1, 0.15) is 28.4 Å². The lowest BCUT2D eigenvalue weighted by Gasteiger charge is -2.12. The van der Waals surface area contributed by atoms with Crippen molar-refractivity contribution in [2.45, 2.75) is 13.8 Å². The van der Waals surface area contributed by atoms with Crippen molar-refractivity contribution in [3.8, 4) is 11.5 Å². The highest BCUT2D eigenvalue weighted by Gasteiger charge is 2.18. The zero-order valence-corrected chi connectivity index (χ0v) is 12.0. The molecular weight excluding hydrogens is 252 g/mol. The van der Waals surface area contributed by atoms with E-state index < -0.39 is 0 Å². The number of carbonyl (C=O) groups excluding carboxylic acids is 1. The summed E-state index contributed by atoms with van der Waals surface area (Å²) in [6.45, 7) is 4.38. The smallest absolute Gasteiger partial charge is 0.200 e. The fourth-order valence-corrected chi connectivity index (χ4v) is 2.08. The van der Waals surface area contributed by atoms with Gasteiger partial charge in [-0.1, -0.05) is 23.8 Å². The molecule has 0 aliphatic carbocycles. The van der Waals surface area contributed by atoms with Gasteiger partial charge < -0.3 is 9.47 Å². The Kier molecular flexibility index (Phi) is 4.41. The van der Waals surface area contributed by atoms with Crippen LogP contribution in [0.25, 0.3) is 0 Å². The van der Waals surface area contributed by atoms with Crippen molar-refractivity contribution in [1.82, 2.24) is 0 Å². The molecule has 0 saturated carbocycles. The van der Waals surface area contributed by atoms with Crippen molar-refractivity contribution in [3.05, 3.63) is 59.2 Å². The number of carbonyl (C=O) groups is 1. The van der Waals surface area contributed by atoms with Gasteiger partial charge in [0.2, 0.25) is 0 Å². The maximum atomic E-state index is 12.7. The number of methoxy groups -OCH3 is 1. The maximum absolute atomic E-state index is 12.7. The number of para-hydroxylation sites is 1. The van der Waals surface area contributed by atoms with Crippen LogP contribution in [0.15, 0.2) is 42.5 Å². The number of hydrogen-bond donors (Lipinski definition) is 0. The Bertz CT molecular complexity index is 617. The van der Waals surface area contributed by atoms with Crippen molar-refractivity contribution in [3.63, 3.8) is 0 Å². The van der Waals surface area contributed by atoms with Gasteiger partial charge >= 0.3 is 0 Å². The second kappa shape index (κ2) is 6.24. The second-order valence-electron chi connectivity index (χ2n) is 4.46. The molecule has 0 bridgehead atoms. The number of benzene rings is 2. The summed E-state index contributed by atoms with van der Waals surface area (Å²) in [6, 6.07) is 12.8. The Balaban J connectivity index is 2.49. The Hall–Kier alpha value is -2.29. The van der Waals surface area contributed by atoms with Gasteiger partial charge in [-0.3, -0.25) is 4.79 Å². The minimum absolute atomic E-state index is 0.0883. The highest BCUT2D eigenvalue weighted by molar-refractivity contribution is 6.12. The molecule has 0 aliphatic rings. The van der Waals surface area contributed by atoms with Crippen molar-refractivity contribution < 1.29 is 14.3 Å². The van der Waals surface area contributed by atoms with E-state index in [0.717, 1.165) is 5.56 Å². The van der Waals surface area contributed by atoms with Crippen molar-refractivity contribution >= 4 is 5.78 Å². The molecule has 3 nitrogen and oxygen atoms in total. The highest BCUT2D eigenvalue weighted by atomic mass is 16.5. The van der Waals surface area contributed by atoms with Gasteiger partial charge in [0.25, 0.3) is 0 Å². The third kappa shape index (κ3) is 2.82. The summed E-state index contributed by atoms with van der Waals surface area (Å²) in [6.07, 6.45) is 0. The van der Waals surface area contributed by atoms with Crippen LogP contribution >= 0.6 is 0 Å². The molecule has 0 radical (unpaired) electrons. The van der Waals surface area contributed by atoms with E-state index in [1.54, 1.807) is 19.2 Å². The Labute approximate surface area is 119 Å². The predicted octanol–water partition coefficient (Wildman–Crippen LogP) is 3.63. The number of ether oxygens (including phenoxy) is 2. The predicted molar refractivity (Wildman–Crippen MR) is 78.8 cm³/mol. The first-order valence-electron chi connectivity index (χ1n) is 6.58. The van der Waals surface area contributed by atoms with Crippen LogP contribution in [-0.2, 0) is 0 Å². The molecule has 0 atom stereocenters. The fourth-order valence-electron chi connectivity index (χ4n) is 2.08. The molecule has 0 amide bonds. The lowest BCUT2D eigenvalue weighted by Crippen LogP contribution is -2.07. The summed E-state index contributed by atoms with van der Waals surface area (Å²) in [4.78, 5) is 12.7. The molecule has 2 rings (SSSR count). The molecule has 0 aromatic heterocycles. The summed E-state index contributed by atoms with van der Waals surface area (Å²) < 4.78 is 10.8. The van der Waals surface area contributed by atoms with E-state index in [0.29, 0.717) is 29.2 Å². The van der Waals surface area contributed by atoms with Gasteiger partial charge in [-0.2, -0.15) is 0 Å². The molecule has 0 fully saturated rings. The van der Waals surface area contributed by atoms with Gasteiger partial charge in [0.15, 0.2) is 5.78 Å². The first kappa shape index (κ1) is 14.1. The monoisotopic (exact) mass is 270 g/mol. The van der Waals surface area contributed by atoms with Gasteiger partial charge in [0.05, 0.1) is 24.8 Å². The Morgan fingerprint density at radius 3 is 2.50 bits per heavy atom. The first-order chi connectivity index (χ1) is 9.67. The van der Waals surface area contributed by atoms with E-state index in [2.05, 4.69) is 0 Å². The Morgan fingerprint density at radius 1 is 1.05 bits per heavy atom. The van der Waals surface area contributed by atoms with E-state index >= 15 is 0 Å². The molecular formula is C17H18O3. The second-order valence-corrected chi connectivity index (χ2v) is 4.46. The molecule has 3 heteroatoms. The van der Waals surface area contributed by atoms with E-state index in [-0.39, 0.29) is 5.78 Å². The summed E-state index contributed by atoms with van der Waals surface area (Å²) >= 11 is 0. The average molecular weight is 270 g/mol. The Morgan fingerprint density at radius 2 is 1.80 bits per heavy atom. The van der Waals surface area contributed by atoms with E-state index in [9.17, 15) is 4.79 Å². The molecule has 20 heavy (non-hydrogen) atoms. The van der Waals surface area contributed by atoms with Gasteiger partial charge in [-0.25, -0.2) is 0 Å². The van der Waals surface area contributed by atoms with Crippen LogP contribution in [0, 0.1) is 6.92 Å². The third-order valence-corrected chi connectivity index (χ3v) is 3.03. The molecule has 0 spiro atoms. The minimum Gasteiger partial charge on any atom is -0.496 e. The molecule has 0 heterocycles.